The van der Waals surface area contributed by atoms with E-state index in [0.29, 0.717) is 17.6 Å². The highest BCUT2D eigenvalue weighted by atomic mass is 127. The number of nitrogens with zero attached hydrogens (tertiary/aromatic N) is 3. The molecule has 30 heavy (non-hydrogen) atoms. The highest BCUT2D eigenvalue weighted by molar-refractivity contribution is 14.0. The quantitative estimate of drug-likeness (QED) is 0.293. The molecule has 1 atom stereocenters. The average Bonchev–Trinajstić information content (AvgIpc) is 2.74. The van der Waals surface area contributed by atoms with Crippen molar-refractivity contribution in [3.63, 3.8) is 0 Å². The number of halogens is 2. The van der Waals surface area contributed by atoms with Gasteiger partial charge in [0.1, 0.15) is 5.82 Å². The molecule has 164 valence electrons. The Kier molecular flexibility index (Phi) is 10.5. The van der Waals surface area contributed by atoms with Crippen LogP contribution in [0, 0.1) is 5.82 Å². The topological polar surface area (TPSA) is 72.8 Å². The summed E-state index contributed by atoms with van der Waals surface area (Å²) in [6.45, 7) is 5.88. The first kappa shape index (κ1) is 24.5. The summed E-state index contributed by atoms with van der Waals surface area (Å²) in [4.78, 5) is 11.3. The Hall–Kier alpha value is -1.78. The summed E-state index contributed by atoms with van der Waals surface area (Å²) in [5.74, 6) is 0.394. The Labute approximate surface area is 195 Å². The Morgan fingerprint density at radius 1 is 1.23 bits per heavy atom. The van der Waals surface area contributed by atoms with Crippen LogP contribution in [0.4, 0.5) is 4.39 Å². The zero-order valence-electron chi connectivity index (χ0n) is 17.3. The molecule has 0 aliphatic carbocycles. The summed E-state index contributed by atoms with van der Waals surface area (Å²) < 4.78 is 13.0. The van der Waals surface area contributed by atoms with Crippen molar-refractivity contribution in [2.75, 3.05) is 26.2 Å². The van der Waals surface area contributed by atoms with Crippen LogP contribution in [0.5, 0.6) is 0 Å². The summed E-state index contributed by atoms with van der Waals surface area (Å²) in [6.07, 6.45) is 3.13. The fourth-order valence-electron chi connectivity index (χ4n) is 3.44. The Bertz CT molecular complexity index is 767. The molecule has 3 rings (SSSR count). The van der Waals surface area contributed by atoms with E-state index in [1.165, 1.54) is 12.1 Å². The van der Waals surface area contributed by atoms with Crippen LogP contribution in [0.3, 0.4) is 0 Å². The van der Waals surface area contributed by atoms with E-state index in [9.17, 15) is 9.50 Å². The van der Waals surface area contributed by atoms with Gasteiger partial charge in [0.2, 0.25) is 0 Å². The lowest BCUT2D eigenvalue weighted by atomic mass is 10.0. The molecule has 2 heterocycles. The minimum Gasteiger partial charge on any atom is -0.386 e. The SMILES string of the molecule is CCNC(=NCC(O)c1ccc(F)cc1)NC1CCN(Cc2ccccn2)CC1.I. The van der Waals surface area contributed by atoms with Gasteiger partial charge in [0.05, 0.1) is 18.3 Å². The maximum Gasteiger partial charge on any atom is 0.191 e. The highest BCUT2D eigenvalue weighted by Crippen LogP contribution is 2.15. The van der Waals surface area contributed by atoms with Gasteiger partial charge in [-0.3, -0.25) is 14.9 Å². The van der Waals surface area contributed by atoms with E-state index in [1.807, 2.05) is 25.3 Å². The molecule has 0 amide bonds. The van der Waals surface area contributed by atoms with Crippen LogP contribution < -0.4 is 10.6 Å². The fourth-order valence-corrected chi connectivity index (χ4v) is 3.44. The van der Waals surface area contributed by atoms with Gasteiger partial charge in [-0.05, 0) is 49.6 Å². The molecule has 0 spiro atoms. The van der Waals surface area contributed by atoms with E-state index in [0.717, 1.165) is 44.7 Å². The number of aliphatic imine (C=N–C) groups is 1. The van der Waals surface area contributed by atoms with Gasteiger partial charge in [0.25, 0.3) is 0 Å². The van der Waals surface area contributed by atoms with E-state index in [-0.39, 0.29) is 36.3 Å². The van der Waals surface area contributed by atoms with Crippen molar-refractivity contribution in [1.82, 2.24) is 20.5 Å². The molecule has 6 nitrogen and oxygen atoms in total. The Morgan fingerprint density at radius 2 is 1.97 bits per heavy atom. The molecule has 1 fully saturated rings. The number of aliphatic hydroxyl groups excluding tert-OH is 1. The van der Waals surface area contributed by atoms with E-state index in [1.54, 1.807) is 12.1 Å². The predicted molar refractivity (Wildman–Crippen MR) is 128 cm³/mol. The molecule has 8 heteroatoms. The van der Waals surface area contributed by atoms with Crippen LogP contribution in [0.15, 0.2) is 53.7 Å². The fraction of sp³-hybridized carbons (Fsp3) is 0.455. The lowest BCUT2D eigenvalue weighted by molar-refractivity contribution is 0.186. The highest BCUT2D eigenvalue weighted by Gasteiger charge is 2.20. The van der Waals surface area contributed by atoms with Crippen molar-refractivity contribution in [2.45, 2.75) is 38.5 Å². The van der Waals surface area contributed by atoms with E-state index in [4.69, 9.17) is 0 Å². The van der Waals surface area contributed by atoms with Crippen molar-refractivity contribution < 1.29 is 9.50 Å². The first-order chi connectivity index (χ1) is 14.1. The third kappa shape index (κ3) is 7.81. The van der Waals surface area contributed by atoms with Gasteiger partial charge < -0.3 is 15.7 Å². The van der Waals surface area contributed by atoms with Gasteiger partial charge in [-0.2, -0.15) is 0 Å². The molecule has 0 saturated carbocycles. The minimum atomic E-state index is -0.758. The standard InChI is InChI=1S/C22H30FN5O.HI/c1-2-24-22(26-15-21(29)17-6-8-18(23)9-7-17)27-19-10-13-28(14-11-19)16-20-5-3-4-12-25-20;/h3-9,12,19,21,29H,2,10-11,13-16H2,1H3,(H2,24,26,27);1H. The second kappa shape index (κ2) is 12.8. The number of aliphatic hydroxyl groups is 1. The van der Waals surface area contributed by atoms with Gasteiger partial charge in [0.15, 0.2) is 5.96 Å². The van der Waals surface area contributed by atoms with Crippen molar-refractivity contribution in [3.05, 3.63) is 65.7 Å². The molecule has 1 aromatic heterocycles. The van der Waals surface area contributed by atoms with Crippen molar-refractivity contribution in [3.8, 4) is 0 Å². The van der Waals surface area contributed by atoms with E-state index >= 15 is 0 Å². The summed E-state index contributed by atoms with van der Waals surface area (Å²) in [7, 11) is 0. The molecule has 0 radical (unpaired) electrons. The first-order valence-electron chi connectivity index (χ1n) is 10.2. The monoisotopic (exact) mass is 527 g/mol. The lowest BCUT2D eigenvalue weighted by Crippen LogP contribution is -2.48. The molecule has 1 aliphatic heterocycles. The second-order valence-electron chi connectivity index (χ2n) is 7.30. The van der Waals surface area contributed by atoms with Gasteiger partial charge >= 0.3 is 0 Å². The normalized spacial score (nSPS) is 16.6. The van der Waals surface area contributed by atoms with E-state index in [2.05, 4.69) is 31.6 Å². The number of hydrogen-bond acceptors (Lipinski definition) is 4. The smallest absolute Gasteiger partial charge is 0.191 e. The third-order valence-corrected chi connectivity index (χ3v) is 5.06. The number of benzene rings is 1. The number of piperidine rings is 1. The molecule has 0 bridgehead atoms. The summed E-state index contributed by atoms with van der Waals surface area (Å²) in [5, 5.41) is 17.0. The first-order valence-corrected chi connectivity index (χ1v) is 10.2. The molecule has 3 N–H and O–H groups in total. The van der Waals surface area contributed by atoms with Gasteiger partial charge in [-0.25, -0.2) is 4.39 Å². The number of pyridine rings is 1. The number of guanidine groups is 1. The molecular weight excluding hydrogens is 496 g/mol. The Morgan fingerprint density at radius 3 is 2.60 bits per heavy atom. The lowest BCUT2D eigenvalue weighted by Gasteiger charge is -2.32. The van der Waals surface area contributed by atoms with Crippen LogP contribution in [-0.4, -0.2) is 53.2 Å². The molecule has 1 aromatic carbocycles. The van der Waals surface area contributed by atoms with Crippen LogP contribution in [-0.2, 0) is 6.54 Å². The number of hydrogen-bond donors (Lipinski definition) is 3. The van der Waals surface area contributed by atoms with Crippen LogP contribution in [0.2, 0.25) is 0 Å². The predicted octanol–water partition coefficient (Wildman–Crippen LogP) is 3.09. The molecule has 1 unspecified atom stereocenters. The van der Waals surface area contributed by atoms with Crippen molar-refractivity contribution in [1.29, 1.82) is 0 Å². The zero-order chi connectivity index (χ0) is 20.5. The van der Waals surface area contributed by atoms with E-state index < -0.39 is 6.10 Å². The largest absolute Gasteiger partial charge is 0.386 e. The Balaban J connectivity index is 0.00000320. The number of nitrogens with one attached hydrogen (secondary N) is 2. The summed E-state index contributed by atoms with van der Waals surface area (Å²) in [5.41, 5.74) is 1.76. The number of likely N-dealkylation sites (tertiary alicyclic amines) is 1. The number of rotatable bonds is 7. The summed E-state index contributed by atoms with van der Waals surface area (Å²) >= 11 is 0. The molecule has 1 aliphatic rings. The minimum absolute atomic E-state index is 0. The molecule has 2 aromatic rings. The van der Waals surface area contributed by atoms with Gasteiger partial charge in [0, 0.05) is 38.4 Å². The van der Waals surface area contributed by atoms with Crippen LogP contribution in [0.1, 0.15) is 37.1 Å². The number of aromatic nitrogens is 1. The second-order valence-corrected chi connectivity index (χ2v) is 7.30. The van der Waals surface area contributed by atoms with Crippen molar-refractivity contribution in [2.24, 2.45) is 4.99 Å². The van der Waals surface area contributed by atoms with Gasteiger partial charge in [-0.1, -0.05) is 18.2 Å². The molecular formula is C22H31FIN5O. The van der Waals surface area contributed by atoms with Crippen LogP contribution in [0.25, 0.3) is 0 Å². The van der Waals surface area contributed by atoms with Crippen molar-refractivity contribution >= 4 is 29.9 Å². The maximum absolute atomic E-state index is 13.0. The average molecular weight is 527 g/mol. The van der Waals surface area contributed by atoms with Crippen LogP contribution >= 0.6 is 24.0 Å². The maximum atomic E-state index is 13.0. The van der Waals surface area contributed by atoms with Gasteiger partial charge in [-0.15, -0.1) is 24.0 Å². The summed E-state index contributed by atoms with van der Waals surface area (Å²) in [6, 6.07) is 12.3. The third-order valence-electron chi connectivity index (χ3n) is 5.06. The molecule has 1 saturated heterocycles. The zero-order valence-corrected chi connectivity index (χ0v) is 19.6.